The summed E-state index contributed by atoms with van der Waals surface area (Å²) in [6, 6.07) is 8.24. The van der Waals surface area contributed by atoms with E-state index in [-0.39, 0.29) is 17.0 Å². The van der Waals surface area contributed by atoms with E-state index in [1.165, 1.54) is 30.5 Å². The summed E-state index contributed by atoms with van der Waals surface area (Å²) in [5.41, 5.74) is 3.98. The fourth-order valence-corrected chi connectivity index (χ4v) is 2.30. The van der Waals surface area contributed by atoms with Crippen LogP contribution in [0.3, 0.4) is 0 Å². The first-order chi connectivity index (χ1) is 12.3. The van der Waals surface area contributed by atoms with Gasteiger partial charge in [0, 0.05) is 17.7 Å². The van der Waals surface area contributed by atoms with Crippen molar-refractivity contribution < 1.29 is 23.2 Å². The van der Waals surface area contributed by atoms with Gasteiger partial charge in [0.2, 0.25) is 0 Å². The number of amides is 1. The van der Waals surface area contributed by atoms with Crippen molar-refractivity contribution in [2.75, 3.05) is 0 Å². The number of benzene rings is 2. The predicted octanol–water partition coefficient (Wildman–Crippen LogP) is 3.58. The number of nitro benzene ring substituents is 1. The molecule has 0 saturated heterocycles. The molecule has 0 aliphatic rings. The van der Waals surface area contributed by atoms with Gasteiger partial charge in [0.15, 0.2) is 0 Å². The molecule has 1 amide bonds. The van der Waals surface area contributed by atoms with Crippen LogP contribution >= 0.6 is 0 Å². The number of nitrogens with zero attached hydrogens (tertiary/aromatic N) is 2. The number of nitrogens with one attached hydrogen (secondary N) is 1. The van der Waals surface area contributed by atoms with Gasteiger partial charge < -0.3 is 4.74 Å². The number of carbonyl (C=O) groups is 1. The highest BCUT2D eigenvalue weighted by atomic mass is 19.3. The van der Waals surface area contributed by atoms with Crippen molar-refractivity contribution in [2.24, 2.45) is 5.10 Å². The van der Waals surface area contributed by atoms with Crippen LogP contribution in [0.1, 0.15) is 27.0 Å². The Morgan fingerprint density at radius 2 is 1.81 bits per heavy atom. The fourth-order valence-electron chi connectivity index (χ4n) is 2.30. The second kappa shape index (κ2) is 8.15. The number of ether oxygens (including phenoxy) is 1. The Morgan fingerprint density at radius 3 is 2.31 bits per heavy atom. The van der Waals surface area contributed by atoms with E-state index >= 15 is 0 Å². The first-order valence-corrected chi connectivity index (χ1v) is 7.42. The topological polar surface area (TPSA) is 93.8 Å². The number of aryl methyl sites for hydroxylation is 2. The standard InChI is InChI=1S/C17H15F2N3O4/c1-10-7-12(8-11(2)15(10)26-17(18)19)9-20-21-16(23)13-3-5-14(6-4-13)22(24)25/h3-9,17H,1-2H3,(H,21,23)/b20-9-. The van der Waals surface area contributed by atoms with Crippen LogP contribution in [0.4, 0.5) is 14.5 Å². The second-order valence-electron chi connectivity index (χ2n) is 5.37. The summed E-state index contributed by atoms with van der Waals surface area (Å²) in [7, 11) is 0. The van der Waals surface area contributed by atoms with Crippen molar-refractivity contribution in [2.45, 2.75) is 20.5 Å². The minimum Gasteiger partial charge on any atom is -0.434 e. The Balaban J connectivity index is 2.05. The lowest BCUT2D eigenvalue weighted by Crippen LogP contribution is -2.17. The number of nitro groups is 1. The Morgan fingerprint density at radius 1 is 1.23 bits per heavy atom. The monoisotopic (exact) mass is 363 g/mol. The molecule has 9 heteroatoms. The van der Waals surface area contributed by atoms with Crippen molar-refractivity contribution in [3.05, 3.63) is 68.8 Å². The predicted molar refractivity (Wildman–Crippen MR) is 90.7 cm³/mol. The van der Waals surface area contributed by atoms with Gasteiger partial charge in [-0.2, -0.15) is 13.9 Å². The molecule has 0 saturated carbocycles. The molecule has 2 aromatic carbocycles. The first-order valence-electron chi connectivity index (χ1n) is 7.42. The molecule has 0 atom stereocenters. The second-order valence-corrected chi connectivity index (χ2v) is 5.37. The average Bonchev–Trinajstić information content (AvgIpc) is 2.58. The van der Waals surface area contributed by atoms with E-state index in [9.17, 15) is 23.7 Å². The minimum absolute atomic E-state index is 0.104. The van der Waals surface area contributed by atoms with Crippen LogP contribution in [0.2, 0.25) is 0 Å². The molecule has 0 spiro atoms. The van der Waals surface area contributed by atoms with Crippen molar-refractivity contribution in [3.8, 4) is 5.75 Å². The van der Waals surface area contributed by atoms with Gasteiger partial charge in [0.05, 0.1) is 11.1 Å². The highest BCUT2D eigenvalue weighted by molar-refractivity contribution is 5.95. The van der Waals surface area contributed by atoms with Gasteiger partial charge in [0.1, 0.15) is 5.75 Å². The summed E-state index contributed by atoms with van der Waals surface area (Å²) in [4.78, 5) is 21.9. The van der Waals surface area contributed by atoms with E-state index < -0.39 is 17.4 Å². The van der Waals surface area contributed by atoms with E-state index in [1.54, 1.807) is 26.0 Å². The van der Waals surface area contributed by atoms with Crippen LogP contribution in [0.15, 0.2) is 41.5 Å². The average molecular weight is 363 g/mol. The molecule has 2 aromatic rings. The maximum Gasteiger partial charge on any atom is 0.387 e. The van der Waals surface area contributed by atoms with E-state index in [2.05, 4.69) is 15.3 Å². The van der Waals surface area contributed by atoms with Gasteiger partial charge in [-0.25, -0.2) is 5.43 Å². The molecule has 0 aliphatic heterocycles. The summed E-state index contributed by atoms with van der Waals surface area (Å²) in [5.74, 6) is -0.436. The Bertz CT molecular complexity index is 829. The smallest absolute Gasteiger partial charge is 0.387 e. The van der Waals surface area contributed by atoms with Crippen LogP contribution in [-0.4, -0.2) is 23.7 Å². The van der Waals surface area contributed by atoms with Gasteiger partial charge in [-0.05, 0) is 54.8 Å². The largest absolute Gasteiger partial charge is 0.434 e. The van der Waals surface area contributed by atoms with Crippen LogP contribution in [-0.2, 0) is 0 Å². The van der Waals surface area contributed by atoms with Gasteiger partial charge in [-0.3, -0.25) is 14.9 Å². The van der Waals surface area contributed by atoms with E-state index in [0.29, 0.717) is 16.7 Å². The summed E-state index contributed by atoms with van der Waals surface area (Å²) in [6.45, 7) is 0.336. The lowest BCUT2D eigenvalue weighted by Gasteiger charge is -2.11. The minimum atomic E-state index is -2.91. The third-order valence-electron chi connectivity index (χ3n) is 3.41. The van der Waals surface area contributed by atoms with Crippen molar-refractivity contribution in [1.82, 2.24) is 5.43 Å². The molecule has 0 unspecified atom stereocenters. The first kappa shape index (κ1) is 19.0. The molecule has 0 aromatic heterocycles. The number of hydrogen-bond acceptors (Lipinski definition) is 5. The van der Waals surface area contributed by atoms with Crippen LogP contribution in [0.5, 0.6) is 5.75 Å². The van der Waals surface area contributed by atoms with Gasteiger partial charge in [-0.1, -0.05) is 0 Å². The molecule has 0 heterocycles. The summed E-state index contributed by atoms with van der Waals surface area (Å²) in [5, 5.41) is 14.4. The van der Waals surface area contributed by atoms with E-state index in [0.717, 1.165) is 0 Å². The molecule has 0 fully saturated rings. The Labute approximate surface area is 147 Å². The van der Waals surface area contributed by atoms with E-state index in [4.69, 9.17) is 0 Å². The molecule has 0 bridgehead atoms. The van der Waals surface area contributed by atoms with Gasteiger partial charge >= 0.3 is 6.61 Å². The van der Waals surface area contributed by atoms with Crippen molar-refractivity contribution in [3.63, 3.8) is 0 Å². The molecule has 0 radical (unpaired) electrons. The Hall–Kier alpha value is -3.36. The number of hydrogen-bond donors (Lipinski definition) is 1. The van der Waals surface area contributed by atoms with Gasteiger partial charge in [0.25, 0.3) is 11.6 Å². The van der Waals surface area contributed by atoms with Crippen molar-refractivity contribution >= 4 is 17.8 Å². The maximum absolute atomic E-state index is 12.4. The number of rotatable bonds is 6. The summed E-state index contributed by atoms with van der Waals surface area (Å²) >= 11 is 0. The highest BCUT2D eigenvalue weighted by Crippen LogP contribution is 2.25. The van der Waals surface area contributed by atoms with Crippen molar-refractivity contribution in [1.29, 1.82) is 0 Å². The molecule has 136 valence electrons. The zero-order valence-corrected chi connectivity index (χ0v) is 13.9. The molecule has 0 aliphatic carbocycles. The molecular weight excluding hydrogens is 348 g/mol. The van der Waals surface area contributed by atoms with Crippen LogP contribution in [0.25, 0.3) is 0 Å². The summed E-state index contributed by atoms with van der Waals surface area (Å²) < 4.78 is 29.2. The number of alkyl halides is 2. The zero-order chi connectivity index (χ0) is 19.3. The molecule has 26 heavy (non-hydrogen) atoms. The number of non-ortho nitro benzene ring substituents is 1. The van der Waals surface area contributed by atoms with Crippen LogP contribution < -0.4 is 10.2 Å². The molecular formula is C17H15F2N3O4. The number of carbonyl (C=O) groups excluding carboxylic acids is 1. The number of halogens is 2. The number of hydrazone groups is 1. The highest BCUT2D eigenvalue weighted by Gasteiger charge is 2.11. The lowest BCUT2D eigenvalue weighted by molar-refractivity contribution is -0.384. The van der Waals surface area contributed by atoms with Gasteiger partial charge in [-0.15, -0.1) is 0 Å². The molecule has 2 rings (SSSR count). The quantitative estimate of drug-likeness (QED) is 0.482. The maximum atomic E-state index is 12.4. The normalized spacial score (nSPS) is 11.0. The Kier molecular flexibility index (Phi) is 5.94. The van der Waals surface area contributed by atoms with Crippen LogP contribution in [0, 0.1) is 24.0 Å². The lowest BCUT2D eigenvalue weighted by atomic mass is 10.1. The summed E-state index contributed by atoms with van der Waals surface area (Å²) in [6.07, 6.45) is 1.36. The van der Waals surface area contributed by atoms with E-state index in [1.807, 2.05) is 0 Å². The molecule has 1 N–H and O–H groups in total. The zero-order valence-electron chi connectivity index (χ0n) is 13.9. The SMILES string of the molecule is Cc1cc(/C=N\NC(=O)c2ccc([N+](=O)[O-])cc2)cc(C)c1OC(F)F. The fraction of sp³-hybridized carbons (Fsp3) is 0.176. The molecule has 7 nitrogen and oxygen atoms in total. The third-order valence-corrected chi connectivity index (χ3v) is 3.41. The third kappa shape index (κ3) is 4.82.